The van der Waals surface area contributed by atoms with E-state index in [4.69, 9.17) is 0 Å². The van der Waals surface area contributed by atoms with Crippen LogP contribution in [-0.2, 0) is 0 Å². The van der Waals surface area contributed by atoms with Gasteiger partial charge >= 0.3 is 0 Å². The lowest BCUT2D eigenvalue weighted by molar-refractivity contribution is 0.0614. The average Bonchev–Trinajstić information content (AvgIpc) is 2.36. The minimum atomic E-state index is 0.338. The van der Waals surface area contributed by atoms with E-state index in [-0.39, 0.29) is 0 Å². The molecular formula is C16H35N3. The van der Waals surface area contributed by atoms with Crippen molar-refractivity contribution < 1.29 is 0 Å². The number of piperazine rings is 1. The van der Waals surface area contributed by atoms with Crippen molar-refractivity contribution in [1.29, 1.82) is 0 Å². The Hall–Kier alpha value is -0.120. The molecule has 1 atom stereocenters. The molecule has 19 heavy (non-hydrogen) atoms. The van der Waals surface area contributed by atoms with E-state index in [1.165, 1.54) is 52.0 Å². The van der Waals surface area contributed by atoms with Gasteiger partial charge in [-0.15, -0.1) is 0 Å². The monoisotopic (exact) mass is 269 g/mol. The van der Waals surface area contributed by atoms with Gasteiger partial charge in [0.15, 0.2) is 0 Å². The largest absolute Gasteiger partial charge is 0.314 e. The Morgan fingerprint density at radius 3 is 2.26 bits per heavy atom. The molecule has 0 aromatic rings. The molecule has 1 fully saturated rings. The lowest BCUT2D eigenvalue weighted by atomic mass is 10.0. The maximum Gasteiger partial charge on any atom is 0.0126 e. The Morgan fingerprint density at radius 2 is 1.74 bits per heavy atom. The van der Waals surface area contributed by atoms with Crippen LogP contribution in [0, 0.1) is 0 Å². The van der Waals surface area contributed by atoms with E-state index in [0.29, 0.717) is 11.6 Å². The van der Waals surface area contributed by atoms with Crippen molar-refractivity contribution in [2.75, 3.05) is 39.3 Å². The quantitative estimate of drug-likeness (QED) is 0.766. The predicted octanol–water partition coefficient (Wildman–Crippen LogP) is 2.57. The summed E-state index contributed by atoms with van der Waals surface area (Å²) in [7, 11) is 0. The first-order valence-electron chi connectivity index (χ1n) is 8.14. The molecule has 0 bridgehead atoms. The second-order valence-electron chi connectivity index (χ2n) is 7.00. The SMILES string of the molecule is CCCNC(C)CCCN1CCN(C(C)(C)C)CC1. The third-order valence-electron chi connectivity index (χ3n) is 4.18. The maximum absolute atomic E-state index is 3.57. The summed E-state index contributed by atoms with van der Waals surface area (Å²) < 4.78 is 0. The fraction of sp³-hybridized carbons (Fsp3) is 1.00. The van der Waals surface area contributed by atoms with Crippen LogP contribution in [-0.4, -0.2) is 60.6 Å². The first-order chi connectivity index (χ1) is 8.93. The van der Waals surface area contributed by atoms with Crippen LogP contribution in [0.3, 0.4) is 0 Å². The van der Waals surface area contributed by atoms with Crippen LogP contribution in [0.1, 0.15) is 53.9 Å². The molecule has 1 rings (SSSR count). The van der Waals surface area contributed by atoms with Crippen molar-refractivity contribution in [2.24, 2.45) is 0 Å². The fourth-order valence-corrected chi connectivity index (χ4v) is 2.76. The lowest BCUT2D eigenvalue weighted by Gasteiger charge is -2.42. The molecular weight excluding hydrogens is 234 g/mol. The first-order valence-corrected chi connectivity index (χ1v) is 8.14. The molecule has 0 aromatic carbocycles. The highest BCUT2D eigenvalue weighted by atomic mass is 15.3. The van der Waals surface area contributed by atoms with Gasteiger partial charge in [0.1, 0.15) is 0 Å². The Kier molecular flexibility index (Phi) is 7.33. The van der Waals surface area contributed by atoms with Gasteiger partial charge in [0, 0.05) is 37.8 Å². The third-order valence-corrected chi connectivity index (χ3v) is 4.18. The van der Waals surface area contributed by atoms with Crippen LogP contribution in [0.2, 0.25) is 0 Å². The zero-order valence-corrected chi connectivity index (χ0v) is 13.8. The van der Waals surface area contributed by atoms with E-state index in [1.54, 1.807) is 0 Å². The van der Waals surface area contributed by atoms with Gasteiger partial charge in [-0.05, 0) is 60.0 Å². The van der Waals surface area contributed by atoms with Crippen molar-refractivity contribution in [3.63, 3.8) is 0 Å². The number of nitrogens with zero attached hydrogens (tertiary/aromatic N) is 2. The van der Waals surface area contributed by atoms with Gasteiger partial charge in [-0.25, -0.2) is 0 Å². The van der Waals surface area contributed by atoms with Gasteiger partial charge < -0.3 is 10.2 Å². The van der Waals surface area contributed by atoms with Crippen molar-refractivity contribution in [3.8, 4) is 0 Å². The minimum absolute atomic E-state index is 0.338. The Bertz CT molecular complexity index is 227. The standard InChI is InChI=1S/C16H35N3/c1-6-9-17-15(2)8-7-10-18-11-13-19(14-12-18)16(3,4)5/h15,17H,6-14H2,1-5H3. The van der Waals surface area contributed by atoms with Crippen molar-refractivity contribution in [1.82, 2.24) is 15.1 Å². The molecule has 3 heteroatoms. The van der Waals surface area contributed by atoms with E-state index in [9.17, 15) is 0 Å². The summed E-state index contributed by atoms with van der Waals surface area (Å²) in [5.74, 6) is 0. The third kappa shape index (κ3) is 6.73. The number of nitrogens with one attached hydrogen (secondary N) is 1. The highest BCUT2D eigenvalue weighted by molar-refractivity contribution is 4.81. The van der Waals surface area contributed by atoms with E-state index in [0.717, 1.165) is 6.54 Å². The lowest BCUT2D eigenvalue weighted by Crippen LogP contribution is -2.53. The number of hydrogen-bond acceptors (Lipinski definition) is 3. The van der Waals surface area contributed by atoms with E-state index in [2.05, 4.69) is 49.7 Å². The van der Waals surface area contributed by atoms with Gasteiger partial charge in [-0.2, -0.15) is 0 Å². The van der Waals surface area contributed by atoms with E-state index in [1.807, 2.05) is 0 Å². The summed E-state index contributed by atoms with van der Waals surface area (Å²) in [6.45, 7) is 18.9. The van der Waals surface area contributed by atoms with Gasteiger partial charge in [0.2, 0.25) is 0 Å². The number of rotatable bonds is 7. The Labute approximate surface area is 120 Å². The molecule has 1 N–H and O–H groups in total. The highest BCUT2D eigenvalue weighted by Gasteiger charge is 2.25. The molecule has 0 aromatic heterocycles. The first kappa shape index (κ1) is 16.9. The fourth-order valence-electron chi connectivity index (χ4n) is 2.76. The molecule has 0 aliphatic carbocycles. The van der Waals surface area contributed by atoms with Gasteiger partial charge in [0.25, 0.3) is 0 Å². The molecule has 0 amide bonds. The summed E-state index contributed by atoms with van der Waals surface area (Å²) in [6, 6.07) is 0.677. The molecule has 1 aliphatic heterocycles. The average molecular weight is 269 g/mol. The van der Waals surface area contributed by atoms with Crippen molar-refractivity contribution in [3.05, 3.63) is 0 Å². The van der Waals surface area contributed by atoms with Crippen LogP contribution in [0.15, 0.2) is 0 Å². The normalized spacial score (nSPS) is 20.7. The van der Waals surface area contributed by atoms with E-state index < -0.39 is 0 Å². The van der Waals surface area contributed by atoms with Crippen molar-refractivity contribution >= 4 is 0 Å². The molecule has 1 aliphatic rings. The van der Waals surface area contributed by atoms with Gasteiger partial charge in [-0.1, -0.05) is 6.92 Å². The summed E-state index contributed by atoms with van der Waals surface area (Å²) in [4.78, 5) is 5.24. The topological polar surface area (TPSA) is 18.5 Å². The van der Waals surface area contributed by atoms with E-state index >= 15 is 0 Å². The summed E-state index contributed by atoms with van der Waals surface area (Å²) in [5, 5.41) is 3.57. The summed E-state index contributed by atoms with van der Waals surface area (Å²) in [6.07, 6.45) is 3.87. The highest BCUT2D eigenvalue weighted by Crippen LogP contribution is 2.16. The molecule has 3 nitrogen and oxygen atoms in total. The van der Waals surface area contributed by atoms with Crippen LogP contribution < -0.4 is 5.32 Å². The maximum atomic E-state index is 3.57. The zero-order valence-electron chi connectivity index (χ0n) is 13.8. The number of hydrogen-bond donors (Lipinski definition) is 1. The molecule has 1 unspecified atom stereocenters. The van der Waals surface area contributed by atoms with Crippen molar-refractivity contribution in [2.45, 2.75) is 65.5 Å². The van der Waals surface area contributed by atoms with Gasteiger partial charge in [0.05, 0.1) is 0 Å². The molecule has 114 valence electrons. The second-order valence-corrected chi connectivity index (χ2v) is 7.00. The smallest absolute Gasteiger partial charge is 0.0126 e. The molecule has 0 radical (unpaired) electrons. The predicted molar refractivity (Wildman–Crippen MR) is 84.8 cm³/mol. The molecule has 0 saturated carbocycles. The summed E-state index contributed by atoms with van der Waals surface area (Å²) >= 11 is 0. The van der Waals surface area contributed by atoms with Gasteiger partial charge in [-0.3, -0.25) is 4.90 Å². The Morgan fingerprint density at radius 1 is 1.11 bits per heavy atom. The molecule has 1 heterocycles. The van der Waals surface area contributed by atoms with Crippen LogP contribution >= 0.6 is 0 Å². The second kappa shape index (κ2) is 8.23. The summed E-state index contributed by atoms with van der Waals surface area (Å²) in [5.41, 5.74) is 0.338. The zero-order chi connectivity index (χ0) is 14.3. The molecule has 1 saturated heterocycles. The minimum Gasteiger partial charge on any atom is -0.314 e. The van der Waals surface area contributed by atoms with Crippen LogP contribution in [0.5, 0.6) is 0 Å². The molecule has 0 spiro atoms. The van der Waals surface area contributed by atoms with Crippen LogP contribution in [0.25, 0.3) is 0 Å². The van der Waals surface area contributed by atoms with Crippen LogP contribution in [0.4, 0.5) is 0 Å². The Balaban J connectivity index is 2.10.